The van der Waals surface area contributed by atoms with Crippen molar-refractivity contribution in [3.05, 3.63) is 0 Å². The van der Waals surface area contributed by atoms with Crippen LogP contribution in [-0.2, 0) is 9.47 Å². The van der Waals surface area contributed by atoms with E-state index in [1.807, 2.05) is 0 Å². The second-order valence-corrected chi connectivity index (χ2v) is 8.39. The van der Waals surface area contributed by atoms with E-state index in [0.29, 0.717) is 11.5 Å². The lowest BCUT2D eigenvalue weighted by molar-refractivity contribution is -0.0407. The predicted molar refractivity (Wildman–Crippen MR) is 94.4 cm³/mol. The zero-order chi connectivity index (χ0) is 16.4. The van der Waals surface area contributed by atoms with Crippen LogP contribution in [0.15, 0.2) is 0 Å². The molecule has 0 saturated carbocycles. The van der Waals surface area contributed by atoms with Gasteiger partial charge in [0.1, 0.15) is 0 Å². The van der Waals surface area contributed by atoms with Gasteiger partial charge in [-0.2, -0.15) is 0 Å². The molecule has 1 aliphatic rings. The predicted octanol–water partition coefficient (Wildman–Crippen LogP) is 4.36. The van der Waals surface area contributed by atoms with Crippen LogP contribution in [0.5, 0.6) is 0 Å². The Balaban J connectivity index is 2.03. The molecule has 1 aliphatic heterocycles. The van der Waals surface area contributed by atoms with Crippen molar-refractivity contribution in [2.24, 2.45) is 11.3 Å². The molecule has 0 amide bonds. The van der Waals surface area contributed by atoms with E-state index in [9.17, 15) is 0 Å². The molecule has 132 valence electrons. The fraction of sp³-hybridized carbons (Fsp3) is 1.00. The average Bonchev–Trinajstić information content (AvgIpc) is 2.41. The minimum atomic E-state index is 0.427. The average molecular weight is 314 g/mol. The van der Waals surface area contributed by atoms with Crippen LogP contribution in [-0.4, -0.2) is 50.5 Å². The molecule has 1 rings (SSSR count). The standard InChI is InChI=1S/C19H39NO2/c1-17(2)8-6-9-18-16-20(12-15-22-18)11-14-21-13-7-10-19(3,4)5/h17-18H,6-16H2,1-5H3/t18-/m0/s1. The van der Waals surface area contributed by atoms with Crippen molar-refractivity contribution in [2.45, 2.75) is 72.8 Å². The van der Waals surface area contributed by atoms with Crippen LogP contribution in [0, 0.1) is 11.3 Å². The van der Waals surface area contributed by atoms with E-state index in [1.165, 1.54) is 32.1 Å². The van der Waals surface area contributed by atoms with Crippen LogP contribution in [0.4, 0.5) is 0 Å². The molecule has 0 aromatic rings. The van der Waals surface area contributed by atoms with E-state index >= 15 is 0 Å². The van der Waals surface area contributed by atoms with Crippen LogP contribution in [0.2, 0.25) is 0 Å². The third kappa shape index (κ3) is 10.6. The lowest BCUT2D eigenvalue weighted by atomic mass is 9.91. The van der Waals surface area contributed by atoms with Gasteiger partial charge in [0.25, 0.3) is 0 Å². The molecule has 22 heavy (non-hydrogen) atoms. The molecule has 3 heteroatoms. The monoisotopic (exact) mass is 313 g/mol. The van der Waals surface area contributed by atoms with E-state index in [1.54, 1.807) is 0 Å². The van der Waals surface area contributed by atoms with Crippen molar-refractivity contribution in [2.75, 3.05) is 39.5 Å². The fourth-order valence-corrected chi connectivity index (χ4v) is 2.91. The second kappa shape index (κ2) is 10.6. The Labute approximate surface area is 138 Å². The summed E-state index contributed by atoms with van der Waals surface area (Å²) in [7, 11) is 0. The molecule has 0 N–H and O–H groups in total. The molecule has 0 aromatic heterocycles. The maximum atomic E-state index is 5.89. The Hall–Kier alpha value is -0.120. The topological polar surface area (TPSA) is 21.7 Å². The molecule has 1 fully saturated rings. The Morgan fingerprint density at radius 1 is 1.18 bits per heavy atom. The van der Waals surface area contributed by atoms with Gasteiger partial charge in [-0.1, -0.05) is 47.5 Å². The molecule has 1 heterocycles. The summed E-state index contributed by atoms with van der Waals surface area (Å²) >= 11 is 0. The maximum Gasteiger partial charge on any atom is 0.0702 e. The first-order chi connectivity index (χ1) is 10.4. The van der Waals surface area contributed by atoms with Crippen molar-refractivity contribution < 1.29 is 9.47 Å². The third-order valence-electron chi connectivity index (χ3n) is 4.30. The molecule has 0 bridgehead atoms. The summed E-state index contributed by atoms with van der Waals surface area (Å²) in [5, 5.41) is 0. The maximum absolute atomic E-state index is 5.89. The van der Waals surface area contributed by atoms with E-state index in [-0.39, 0.29) is 0 Å². The first-order valence-corrected chi connectivity index (χ1v) is 9.28. The largest absolute Gasteiger partial charge is 0.380 e. The summed E-state index contributed by atoms with van der Waals surface area (Å²) in [6, 6.07) is 0. The molecule has 1 atom stereocenters. The summed E-state index contributed by atoms with van der Waals surface area (Å²) in [6.45, 7) is 17.3. The van der Waals surface area contributed by atoms with Crippen LogP contribution in [0.25, 0.3) is 0 Å². The van der Waals surface area contributed by atoms with Crippen molar-refractivity contribution in [3.8, 4) is 0 Å². The van der Waals surface area contributed by atoms with E-state index in [2.05, 4.69) is 39.5 Å². The van der Waals surface area contributed by atoms with Gasteiger partial charge in [-0.15, -0.1) is 0 Å². The zero-order valence-corrected chi connectivity index (χ0v) is 15.7. The van der Waals surface area contributed by atoms with Gasteiger partial charge in [0.2, 0.25) is 0 Å². The Bertz CT molecular complexity index is 273. The molecule has 0 aliphatic carbocycles. The highest BCUT2D eigenvalue weighted by Crippen LogP contribution is 2.20. The quantitative estimate of drug-likeness (QED) is 0.559. The lowest BCUT2D eigenvalue weighted by Crippen LogP contribution is -2.43. The zero-order valence-electron chi connectivity index (χ0n) is 15.7. The molecule has 1 saturated heterocycles. The number of hydrogen-bond donors (Lipinski definition) is 0. The van der Waals surface area contributed by atoms with Gasteiger partial charge in [-0.25, -0.2) is 0 Å². The Morgan fingerprint density at radius 3 is 2.64 bits per heavy atom. The smallest absolute Gasteiger partial charge is 0.0702 e. The molecular formula is C19H39NO2. The highest BCUT2D eigenvalue weighted by atomic mass is 16.5. The van der Waals surface area contributed by atoms with Gasteiger partial charge < -0.3 is 9.47 Å². The Kier molecular flexibility index (Phi) is 9.62. The summed E-state index contributed by atoms with van der Waals surface area (Å²) in [6.07, 6.45) is 6.66. The van der Waals surface area contributed by atoms with E-state index in [4.69, 9.17) is 9.47 Å². The van der Waals surface area contributed by atoms with Crippen molar-refractivity contribution in [1.29, 1.82) is 0 Å². The second-order valence-electron chi connectivity index (χ2n) is 8.39. The number of ether oxygens (including phenoxy) is 2. The summed E-state index contributed by atoms with van der Waals surface area (Å²) in [5.74, 6) is 0.807. The van der Waals surface area contributed by atoms with Gasteiger partial charge in [0, 0.05) is 26.2 Å². The molecule has 0 radical (unpaired) electrons. The van der Waals surface area contributed by atoms with Gasteiger partial charge in [-0.3, -0.25) is 4.90 Å². The highest BCUT2D eigenvalue weighted by molar-refractivity contribution is 4.71. The highest BCUT2D eigenvalue weighted by Gasteiger charge is 2.19. The first kappa shape index (κ1) is 19.9. The third-order valence-corrected chi connectivity index (χ3v) is 4.30. The van der Waals surface area contributed by atoms with Gasteiger partial charge in [0.15, 0.2) is 0 Å². The number of hydrogen-bond acceptors (Lipinski definition) is 3. The Morgan fingerprint density at radius 2 is 1.95 bits per heavy atom. The van der Waals surface area contributed by atoms with Crippen LogP contribution in [0.1, 0.15) is 66.7 Å². The minimum Gasteiger partial charge on any atom is -0.380 e. The summed E-state index contributed by atoms with van der Waals surface area (Å²) in [4.78, 5) is 2.51. The normalized spacial score (nSPS) is 20.7. The molecule has 0 aromatic carbocycles. The van der Waals surface area contributed by atoms with Crippen LogP contribution < -0.4 is 0 Å². The summed E-state index contributed by atoms with van der Waals surface area (Å²) < 4.78 is 11.7. The van der Waals surface area contributed by atoms with E-state index < -0.39 is 0 Å². The van der Waals surface area contributed by atoms with E-state index in [0.717, 1.165) is 45.4 Å². The van der Waals surface area contributed by atoms with Gasteiger partial charge in [-0.05, 0) is 30.6 Å². The number of morpholine rings is 1. The van der Waals surface area contributed by atoms with Gasteiger partial charge in [0.05, 0.1) is 19.3 Å². The molecule has 0 spiro atoms. The lowest BCUT2D eigenvalue weighted by Gasteiger charge is -2.33. The number of nitrogens with zero attached hydrogens (tertiary/aromatic N) is 1. The minimum absolute atomic E-state index is 0.427. The number of rotatable bonds is 10. The van der Waals surface area contributed by atoms with Gasteiger partial charge >= 0.3 is 0 Å². The SMILES string of the molecule is CC(C)CCC[C@H]1CN(CCOCCCC(C)(C)C)CCO1. The van der Waals surface area contributed by atoms with Crippen molar-refractivity contribution in [3.63, 3.8) is 0 Å². The van der Waals surface area contributed by atoms with Crippen LogP contribution in [0.3, 0.4) is 0 Å². The summed E-state index contributed by atoms with van der Waals surface area (Å²) in [5.41, 5.74) is 0.427. The molecule has 0 unspecified atom stereocenters. The van der Waals surface area contributed by atoms with Crippen molar-refractivity contribution >= 4 is 0 Å². The fourth-order valence-electron chi connectivity index (χ4n) is 2.91. The molecule has 3 nitrogen and oxygen atoms in total. The first-order valence-electron chi connectivity index (χ1n) is 9.28. The van der Waals surface area contributed by atoms with Crippen LogP contribution >= 0.6 is 0 Å². The van der Waals surface area contributed by atoms with Crippen molar-refractivity contribution in [1.82, 2.24) is 4.90 Å². The molecular weight excluding hydrogens is 274 g/mol.